The van der Waals surface area contributed by atoms with E-state index in [4.69, 9.17) is 4.74 Å². The zero-order chi connectivity index (χ0) is 16.1. The Balaban J connectivity index is 1.73. The second-order valence-corrected chi connectivity index (χ2v) is 6.03. The predicted molar refractivity (Wildman–Crippen MR) is 86.9 cm³/mol. The minimum Gasteiger partial charge on any atom is -0.381 e. The Morgan fingerprint density at radius 1 is 1.17 bits per heavy atom. The van der Waals surface area contributed by atoms with Gasteiger partial charge in [0.25, 0.3) is 5.56 Å². The van der Waals surface area contributed by atoms with E-state index in [0.717, 1.165) is 24.9 Å². The molecule has 0 saturated carbocycles. The lowest BCUT2D eigenvalue weighted by Gasteiger charge is -2.38. The number of nitrogens with one attached hydrogen (secondary N) is 2. The number of hydrogen-bond donors (Lipinski definition) is 2. The van der Waals surface area contributed by atoms with Gasteiger partial charge in [0, 0.05) is 43.5 Å². The van der Waals surface area contributed by atoms with Gasteiger partial charge in [-0.05, 0) is 36.6 Å². The Morgan fingerprint density at radius 3 is 2.61 bits per heavy atom. The summed E-state index contributed by atoms with van der Waals surface area (Å²) in [5, 5.41) is 3.40. The summed E-state index contributed by atoms with van der Waals surface area (Å²) in [6.07, 6.45) is 3.40. The van der Waals surface area contributed by atoms with Crippen molar-refractivity contribution in [2.75, 3.05) is 19.8 Å². The second-order valence-electron chi connectivity index (χ2n) is 6.03. The lowest BCUT2D eigenvalue weighted by atomic mass is 9.74. The highest BCUT2D eigenvalue weighted by Crippen LogP contribution is 2.34. The van der Waals surface area contributed by atoms with Crippen LogP contribution in [0.1, 0.15) is 24.0 Å². The fraction of sp³-hybridized carbons (Fsp3) is 0.389. The van der Waals surface area contributed by atoms with E-state index < -0.39 is 0 Å². The molecule has 0 spiro atoms. The maximum absolute atomic E-state index is 13.2. The molecule has 1 saturated heterocycles. The van der Waals surface area contributed by atoms with Gasteiger partial charge in [0.2, 0.25) is 0 Å². The maximum atomic E-state index is 13.2. The topological polar surface area (TPSA) is 54.1 Å². The molecule has 1 aliphatic rings. The summed E-state index contributed by atoms with van der Waals surface area (Å²) >= 11 is 0. The van der Waals surface area contributed by atoms with E-state index in [1.54, 1.807) is 6.20 Å². The van der Waals surface area contributed by atoms with E-state index in [2.05, 4.69) is 10.3 Å². The molecule has 1 aromatic carbocycles. The van der Waals surface area contributed by atoms with Crippen LogP contribution in [0.3, 0.4) is 0 Å². The second kappa shape index (κ2) is 7.06. The van der Waals surface area contributed by atoms with Gasteiger partial charge in [0.1, 0.15) is 5.82 Å². The van der Waals surface area contributed by atoms with Crippen molar-refractivity contribution in [2.45, 2.75) is 24.8 Å². The van der Waals surface area contributed by atoms with Gasteiger partial charge in [-0.1, -0.05) is 18.2 Å². The molecule has 1 fully saturated rings. The van der Waals surface area contributed by atoms with Crippen LogP contribution in [0.25, 0.3) is 0 Å². The number of hydrogen-bond acceptors (Lipinski definition) is 3. The third-order valence-electron chi connectivity index (χ3n) is 4.59. The van der Waals surface area contributed by atoms with Crippen LogP contribution in [0.5, 0.6) is 0 Å². The number of pyridine rings is 1. The van der Waals surface area contributed by atoms with Crippen LogP contribution in [0.4, 0.5) is 4.39 Å². The molecule has 0 unspecified atom stereocenters. The van der Waals surface area contributed by atoms with E-state index in [1.165, 1.54) is 12.1 Å². The highest BCUT2D eigenvalue weighted by molar-refractivity contribution is 5.27. The maximum Gasteiger partial charge on any atom is 0.252 e. The number of H-pyrrole nitrogens is 1. The summed E-state index contributed by atoms with van der Waals surface area (Å²) in [7, 11) is 0. The van der Waals surface area contributed by atoms with Crippen molar-refractivity contribution in [1.82, 2.24) is 10.3 Å². The standard InChI is InChI=1S/C18H21FN2O2/c19-16-5-3-15(4-6-16)18(7-10-23-11-8-18)13-20-12-14-2-1-9-21-17(14)22/h1-6,9,20H,7-8,10-13H2,(H,21,22). The Labute approximate surface area is 134 Å². The van der Waals surface area contributed by atoms with E-state index >= 15 is 0 Å². The Hall–Kier alpha value is -1.98. The Kier molecular flexibility index (Phi) is 4.88. The third-order valence-corrected chi connectivity index (χ3v) is 4.59. The van der Waals surface area contributed by atoms with Crippen LogP contribution < -0.4 is 10.9 Å². The number of aromatic nitrogens is 1. The van der Waals surface area contributed by atoms with Crippen molar-refractivity contribution >= 4 is 0 Å². The molecule has 1 aliphatic heterocycles. The monoisotopic (exact) mass is 316 g/mol. The molecule has 0 aliphatic carbocycles. The Morgan fingerprint density at radius 2 is 1.91 bits per heavy atom. The SMILES string of the molecule is O=c1[nH]cccc1CNCC1(c2ccc(F)cc2)CCOCC1. The first-order valence-electron chi connectivity index (χ1n) is 7.91. The summed E-state index contributed by atoms with van der Waals surface area (Å²) in [5.74, 6) is -0.222. The zero-order valence-corrected chi connectivity index (χ0v) is 13.0. The lowest BCUT2D eigenvalue weighted by Crippen LogP contribution is -2.43. The van der Waals surface area contributed by atoms with Crippen molar-refractivity contribution in [3.8, 4) is 0 Å². The summed E-state index contributed by atoms with van der Waals surface area (Å²) in [5.41, 5.74) is 1.70. The molecule has 0 amide bonds. The van der Waals surface area contributed by atoms with Gasteiger partial charge in [-0.3, -0.25) is 4.79 Å². The highest BCUT2D eigenvalue weighted by Gasteiger charge is 2.34. The fourth-order valence-electron chi connectivity index (χ4n) is 3.17. The average molecular weight is 316 g/mol. The third kappa shape index (κ3) is 3.68. The van der Waals surface area contributed by atoms with Gasteiger partial charge in [-0.2, -0.15) is 0 Å². The summed E-state index contributed by atoms with van der Waals surface area (Å²) < 4.78 is 18.7. The van der Waals surface area contributed by atoms with E-state index in [-0.39, 0.29) is 16.8 Å². The number of halogens is 1. The van der Waals surface area contributed by atoms with Gasteiger partial charge < -0.3 is 15.0 Å². The number of rotatable bonds is 5. The minimum atomic E-state index is -0.222. The van der Waals surface area contributed by atoms with E-state index in [0.29, 0.717) is 25.3 Å². The average Bonchev–Trinajstić information content (AvgIpc) is 2.58. The van der Waals surface area contributed by atoms with E-state index in [1.807, 2.05) is 24.3 Å². The van der Waals surface area contributed by atoms with Crippen LogP contribution >= 0.6 is 0 Å². The first-order valence-corrected chi connectivity index (χ1v) is 7.91. The molecule has 0 bridgehead atoms. The molecule has 2 aromatic rings. The zero-order valence-electron chi connectivity index (χ0n) is 13.0. The molecular weight excluding hydrogens is 295 g/mol. The van der Waals surface area contributed by atoms with Gasteiger partial charge >= 0.3 is 0 Å². The molecule has 2 heterocycles. The summed E-state index contributed by atoms with van der Waals surface area (Å²) in [6.45, 7) is 2.65. The number of ether oxygens (including phenoxy) is 1. The first kappa shape index (κ1) is 15.9. The van der Waals surface area contributed by atoms with Crippen molar-refractivity contribution in [3.05, 3.63) is 69.9 Å². The van der Waals surface area contributed by atoms with Crippen LogP contribution in [0, 0.1) is 5.82 Å². The largest absolute Gasteiger partial charge is 0.381 e. The van der Waals surface area contributed by atoms with Gasteiger partial charge in [0.05, 0.1) is 0 Å². The van der Waals surface area contributed by atoms with Crippen molar-refractivity contribution in [1.29, 1.82) is 0 Å². The van der Waals surface area contributed by atoms with Crippen LogP contribution in [0.2, 0.25) is 0 Å². The van der Waals surface area contributed by atoms with Gasteiger partial charge in [0.15, 0.2) is 0 Å². The highest BCUT2D eigenvalue weighted by atomic mass is 19.1. The molecule has 0 radical (unpaired) electrons. The predicted octanol–water partition coefficient (Wildman–Crippen LogP) is 2.35. The van der Waals surface area contributed by atoms with Crippen molar-refractivity contribution in [2.24, 2.45) is 0 Å². The molecule has 5 heteroatoms. The van der Waals surface area contributed by atoms with Crippen LogP contribution in [0.15, 0.2) is 47.4 Å². The lowest BCUT2D eigenvalue weighted by molar-refractivity contribution is 0.0497. The summed E-state index contributed by atoms with van der Waals surface area (Å²) in [6, 6.07) is 10.4. The fourth-order valence-corrected chi connectivity index (χ4v) is 3.17. The Bertz CT molecular complexity index is 691. The quantitative estimate of drug-likeness (QED) is 0.890. The first-order chi connectivity index (χ1) is 11.2. The molecule has 2 N–H and O–H groups in total. The molecule has 23 heavy (non-hydrogen) atoms. The van der Waals surface area contributed by atoms with Crippen molar-refractivity contribution < 1.29 is 9.13 Å². The summed E-state index contributed by atoms with van der Waals surface area (Å²) in [4.78, 5) is 14.4. The van der Waals surface area contributed by atoms with Crippen LogP contribution in [-0.4, -0.2) is 24.7 Å². The molecule has 1 aromatic heterocycles. The number of benzene rings is 1. The van der Waals surface area contributed by atoms with E-state index in [9.17, 15) is 9.18 Å². The molecule has 3 rings (SSSR count). The number of aromatic amines is 1. The van der Waals surface area contributed by atoms with Gasteiger partial charge in [-0.25, -0.2) is 4.39 Å². The molecule has 4 nitrogen and oxygen atoms in total. The normalized spacial score (nSPS) is 17.1. The molecule has 122 valence electrons. The molecular formula is C18H21FN2O2. The molecule has 0 atom stereocenters. The van der Waals surface area contributed by atoms with Crippen molar-refractivity contribution in [3.63, 3.8) is 0 Å². The smallest absolute Gasteiger partial charge is 0.252 e. The van der Waals surface area contributed by atoms with Gasteiger partial charge in [-0.15, -0.1) is 0 Å². The van der Waals surface area contributed by atoms with Crippen LogP contribution in [-0.2, 0) is 16.7 Å². The minimum absolute atomic E-state index is 0.0668.